The summed E-state index contributed by atoms with van der Waals surface area (Å²) >= 11 is 5.78. The number of benzene rings is 1. The maximum Gasteiger partial charge on any atom is 0.320 e. The van der Waals surface area contributed by atoms with Crippen molar-refractivity contribution in [3.8, 4) is 0 Å². The lowest BCUT2D eigenvalue weighted by Gasteiger charge is -2.11. The number of hydrogen-bond donors (Lipinski definition) is 1. The van der Waals surface area contributed by atoms with E-state index in [9.17, 15) is 9.59 Å². The zero-order valence-corrected chi connectivity index (χ0v) is 11.5. The second kappa shape index (κ2) is 7.79. The molecule has 0 aromatic heterocycles. The van der Waals surface area contributed by atoms with Gasteiger partial charge in [-0.2, -0.15) is 0 Å². The highest BCUT2D eigenvalue weighted by molar-refractivity contribution is 6.30. The summed E-state index contributed by atoms with van der Waals surface area (Å²) in [5.41, 5.74) is 1.07. The van der Waals surface area contributed by atoms with Crippen molar-refractivity contribution in [2.24, 2.45) is 5.92 Å². The fourth-order valence-electron chi connectivity index (χ4n) is 1.75. The van der Waals surface area contributed by atoms with Crippen molar-refractivity contribution in [2.75, 3.05) is 6.61 Å². The molecule has 1 aromatic rings. The molecule has 0 amide bonds. The van der Waals surface area contributed by atoms with Crippen LogP contribution in [0.5, 0.6) is 0 Å². The first kappa shape index (κ1) is 15.5. The molecule has 0 spiro atoms. The standard InChI is InChI=1S/C14H17ClO4/c1-2-19-14(18)12(13(16)17)5-3-4-10-6-8-11(15)9-7-10/h6-9,12H,2-5H2,1H3,(H,16,17). The van der Waals surface area contributed by atoms with Crippen LogP contribution in [0.25, 0.3) is 0 Å². The highest BCUT2D eigenvalue weighted by Crippen LogP contribution is 2.15. The number of rotatable bonds is 7. The fraction of sp³-hybridized carbons (Fsp3) is 0.429. The first-order chi connectivity index (χ1) is 9.04. The Morgan fingerprint density at radius 3 is 2.47 bits per heavy atom. The molecule has 1 N–H and O–H groups in total. The summed E-state index contributed by atoms with van der Waals surface area (Å²) in [6, 6.07) is 7.36. The third-order valence-electron chi connectivity index (χ3n) is 2.74. The van der Waals surface area contributed by atoms with Crippen molar-refractivity contribution in [3.63, 3.8) is 0 Å². The minimum absolute atomic E-state index is 0.194. The lowest BCUT2D eigenvalue weighted by molar-refractivity contribution is -0.158. The minimum atomic E-state index is -1.13. The number of ether oxygens (including phenoxy) is 1. The Labute approximate surface area is 117 Å². The number of carboxylic acids is 1. The van der Waals surface area contributed by atoms with E-state index in [1.807, 2.05) is 12.1 Å². The fourth-order valence-corrected chi connectivity index (χ4v) is 1.87. The van der Waals surface area contributed by atoms with Gasteiger partial charge in [-0.3, -0.25) is 9.59 Å². The lowest BCUT2D eigenvalue weighted by Crippen LogP contribution is -2.26. The number of aryl methyl sites for hydroxylation is 1. The molecule has 104 valence electrons. The molecule has 0 aliphatic heterocycles. The first-order valence-electron chi connectivity index (χ1n) is 6.18. The van der Waals surface area contributed by atoms with Gasteiger partial charge in [-0.05, 0) is 43.9 Å². The Hall–Kier alpha value is -1.55. The molecule has 1 rings (SSSR count). The second-order valence-corrected chi connectivity index (χ2v) is 4.60. The highest BCUT2D eigenvalue weighted by Gasteiger charge is 2.26. The van der Waals surface area contributed by atoms with Crippen LogP contribution >= 0.6 is 11.6 Å². The maximum absolute atomic E-state index is 11.5. The van der Waals surface area contributed by atoms with E-state index in [-0.39, 0.29) is 13.0 Å². The second-order valence-electron chi connectivity index (χ2n) is 4.16. The van der Waals surface area contributed by atoms with Crippen molar-refractivity contribution >= 4 is 23.5 Å². The highest BCUT2D eigenvalue weighted by atomic mass is 35.5. The van der Waals surface area contributed by atoms with Gasteiger partial charge in [0.25, 0.3) is 0 Å². The van der Waals surface area contributed by atoms with E-state index in [0.717, 1.165) is 5.56 Å². The third-order valence-corrected chi connectivity index (χ3v) is 2.99. The summed E-state index contributed by atoms with van der Waals surface area (Å²) < 4.78 is 4.75. The van der Waals surface area contributed by atoms with Gasteiger partial charge in [-0.25, -0.2) is 0 Å². The number of aliphatic carboxylic acids is 1. The topological polar surface area (TPSA) is 63.6 Å². The van der Waals surface area contributed by atoms with Crippen LogP contribution in [0.1, 0.15) is 25.3 Å². The Morgan fingerprint density at radius 1 is 1.32 bits per heavy atom. The Morgan fingerprint density at radius 2 is 1.95 bits per heavy atom. The average Bonchev–Trinajstić information content (AvgIpc) is 2.36. The average molecular weight is 285 g/mol. The molecule has 19 heavy (non-hydrogen) atoms. The van der Waals surface area contributed by atoms with E-state index in [1.54, 1.807) is 19.1 Å². The van der Waals surface area contributed by atoms with Crippen molar-refractivity contribution in [3.05, 3.63) is 34.9 Å². The van der Waals surface area contributed by atoms with Gasteiger partial charge in [0.15, 0.2) is 5.92 Å². The van der Waals surface area contributed by atoms with E-state index in [4.69, 9.17) is 21.4 Å². The molecule has 4 nitrogen and oxygen atoms in total. The quantitative estimate of drug-likeness (QED) is 0.618. The molecule has 1 aromatic carbocycles. The van der Waals surface area contributed by atoms with Gasteiger partial charge in [0, 0.05) is 5.02 Å². The molecule has 0 fully saturated rings. The smallest absolute Gasteiger partial charge is 0.320 e. The molecule has 0 bridgehead atoms. The lowest BCUT2D eigenvalue weighted by atomic mass is 10.00. The molecular formula is C14H17ClO4. The number of hydrogen-bond acceptors (Lipinski definition) is 3. The summed E-state index contributed by atoms with van der Waals surface area (Å²) in [6.45, 7) is 1.85. The van der Waals surface area contributed by atoms with Gasteiger partial charge >= 0.3 is 11.9 Å². The van der Waals surface area contributed by atoms with Crippen molar-refractivity contribution in [1.82, 2.24) is 0 Å². The monoisotopic (exact) mass is 284 g/mol. The normalized spacial score (nSPS) is 11.9. The predicted octanol–water partition coefficient (Wildman–Crippen LogP) is 2.93. The van der Waals surface area contributed by atoms with Crippen molar-refractivity contribution in [1.29, 1.82) is 0 Å². The number of esters is 1. The van der Waals surface area contributed by atoms with Crippen LogP contribution in [-0.2, 0) is 20.7 Å². The molecule has 0 heterocycles. The molecule has 1 atom stereocenters. The summed E-state index contributed by atoms with van der Waals surface area (Å²) in [4.78, 5) is 22.4. The van der Waals surface area contributed by atoms with Gasteiger partial charge in [-0.1, -0.05) is 23.7 Å². The molecule has 1 unspecified atom stereocenters. The summed E-state index contributed by atoms with van der Waals surface area (Å²) in [5.74, 6) is -2.87. The number of halogens is 1. The summed E-state index contributed by atoms with van der Waals surface area (Å²) in [6.07, 6.45) is 1.59. The molecule has 5 heteroatoms. The first-order valence-corrected chi connectivity index (χ1v) is 6.56. The van der Waals surface area contributed by atoms with E-state index in [0.29, 0.717) is 17.9 Å². The zero-order valence-electron chi connectivity index (χ0n) is 10.8. The molecular weight excluding hydrogens is 268 g/mol. The van der Waals surface area contributed by atoms with Crippen LogP contribution in [0, 0.1) is 5.92 Å². The minimum Gasteiger partial charge on any atom is -0.481 e. The van der Waals surface area contributed by atoms with E-state index in [2.05, 4.69) is 0 Å². The van der Waals surface area contributed by atoms with Crippen LogP contribution in [-0.4, -0.2) is 23.7 Å². The predicted molar refractivity (Wildman–Crippen MR) is 72.1 cm³/mol. The molecule has 0 aliphatic rings. The van der Waals surface area contributed by atoms with Crippen LogP contribution in [0.4, 0.5) is 0 Å². The van der Waals surface area contributed by atoms with Gasteiger partial charge in [0.1, 0.15) is 0 Å². The van der Waals surface area contributed by atoms with Gasteiger partial charge in [0.05, 0.1) is 6.61 Å². The Kier molecular flexibility index (Phi) is 6.36. The maximum atomic E-state index is 11.5. The van der Waals surface area contributed by atoms with Crippen molar-refractivity contribution < 1.29 is 19.4 Å². The van der Waals surface area contributed by atoms with Gasteiger partial charge in [0.2, 0.25) is 0 Å². The molecule has 0 radical (unpaired) electrons. The van der Waals surface area contributed by atoms with Crippen LogP contribution in [0.2, 0.25) is 5.02 Å². The van der Waals surface area contributed by atoms with E-state index in [1.165, 1.54) is 0 Å². The SMILES string of the molecule is CCOC(=O)C(CCCc1ccc(Cl)cc1)C(=O)O. The number of carbonyl (C=O) groups excluding carboxylic acids is 1. The molecule has 0 saturated heterocycles. The third kappa shape index (κ3) is 5.30. The number of carboxylic acid groups (broad SMARTS) is 1. The van der Waals surface area contributed by atoms with Crippen LogP contribution in [0.15, 0.2) is 24.3 Å². The summed E-state index contributed by atoms with van der Waals surface area (Å²) in [7, 11) is 0. The summed E-state index contributed by atoms with van der Waals surface area (Å²) in [5, 5.41) is 9.65. The number of carbonyl (C=O) groups is 2. The van der Waals surface area contributed by atoms with Crippen LogP contribution < -0.4 is 0 Å². The van der Waals surface area contributed by atoms with Crippen molar-refractivity contribution in [2.45, 2.75) is 26.2 Å². The molecule has 0 saturated carbocycles. The largest absolute Gasteiger partial charge is 0.481 e. The Bertz CT molecular complexity index is 428. The van der Waals surface area contributed by atoms with Crippen LogP contribution in [0.3, 0.4) is 0 Å². The van der Waals surface area contributed by atoms with Gasteiger partial charge in [-0.15, -0.1) is 0 Å². The molecule has 0 aliphatic carbocycles. The Balaban J connectivity index is 2.46. The van der Waals surface area contributed by atoms with E-state index >= 15 is 0 Å². The van der Waals surface area contributed by atoms with E-state index < -0.39 is 17.9 Å². The zero-order chi connectivity index (χ0) is 14.3. The van der Waals surface area contributed by atoms with Gasteiger partial charge < -0.3 is 9.84 Å².